The monoisotopic (exact) mass is 341 g/mol. The Hall–Kier alpha value is -1.04. The molecule has 0 aliphatic carbocycles. The van der Waals surface area contributed by atoms with E-state index in [0.717, 1.165) is 28.4 Å². The number of carbonyl (C=O) groups is 1. The number of benzene rings is 1. The molecule has 0 aliphatic heterocycles. The van der Waals surface area contributed by atoms with Gasteiger partial charge >= 0.3 is 5.97 Å². The van der Waals surface area contributed by atoms with Gasteiger partial charge < -0.3 is 4.74 Å². The molecule has 0 saturated heterocycles. The molecule has 0 fully saturated rings. The van der Waals surface area contributed by atoms with E-state index in [1.54, 1.807) is 0 Å². The second-order valence-corrected chi connectivity index (χ2v) is 6.89. The van der Waals surface area contributed by atoms with Crippen LogP contribution in [-0.4, -0.2) is 23.3 Å². The van der Waals surface area contributed by atoms with Crippen molar-refractivity contribution in [2.24, 2.45) is 0 Å². The summed E-state index contributed by atoms with van der Waals surface area (Å²) in [7, 11) is 0. The summed E-state index contributed by atoms with van der Waals surface area (Å²) in [5.74, 6) is 0.119. The van der Waals surface area contributed by atoms with Gasteiger partial charge in [0, 0.05) is 16.0 Å². The molecule has 112 valence electrons. The highest BCUT2D eigenvalue weighted by molar-refractivity contribution is 8.01. The van der Waals surface area contributed by atoms with Gasteiger partial charge in [0.2, 0.25) is 0 Å². The predicted molar refractivity (Wildman–Crippen MR) is 89.2 cm³/mol. The second-order valence-electron chi connectivity index (χ2n) is 4.37. The van der Waals surface area contributed by atoms with Crippen LogP contribution in [-0.2, 0) is 9.53 Å². The average Bonchev–Trinajstić information content (AvgIpc) is 2.95. The Kier molecular flexibility index (Phi) is 6.54. The molecular formula is C15H16ClNO2S2. The Bertz CT molecular complexity index is 584. The van der Waals surface area contributed by atoms with Crippen LogP contribution in [0.1, 0.15) is 19.8 Å². The lowest BCUT2D eigenvalue weighted by molar-refractivity contribution is -0.140. The van der Waals surface area contributed by atoms with E-state index in [9.17, 15) is 4.79 Å². The zero-order valence-corrected chi connectivity index (χ0v) is 14.1. The van der Waals surface area contributed by atoms with Gasteiger partial charge in [-0.1, -0.05) is 48.8 Å². The van der Waals surface area contributed by atoms with Crippen molar-refractivity contribution in [2.45, 2.75) is 24.1 Å². The van der Waals surface area contributed by atoms with Crippen molar-refractivity contribution in [3.8, 4) is 11.3 Å². The largest absolute Gasteiger partial charge is 0.465 e. The summed E-state index contributed by atoms with van der Waals surface area (Å²) < 4.78 is 5.98. The quantitative estimate of drug-likeness (QED) is 0.408. The number of thioether (sulfide) groups is 1. The number of aromatic nitrogens is 1. The van der Waals surface area contributed by atoms with Crippen LogP contribution >= 0.6 is 34.7 Å². The lowest BCUT2D eigenvalue weighted by Gasteiger charge is -2.02. The van der Waals surface area contributed by atoms with Crippen molar-refractivity contribution in [1.82, 2.24) is 4.98 Å². The van der Waals surface area contributed by atoms with E-state index in [1.807, 2.05) is 29.6 Å². The molecule has 0 bridgehead atoms. The summed E-state index contributed by atoms with van der Waals surface area (Å²) in [6.07, 6.45) is 1.94. The zero-order chi connectivity index (χ0) is 15.1. The number of thiazole rings is 1. The Labute approximate surface area is 137 Å². The molecule has 0 amide bonds. The fraction of sp³-hybridized carbons (Fsp3) is 0.333. The third kappa shape index (κ3) is 5.34. The van der Waals surface area contributed by atoms with Gasteiger partial charge in [0.05, 0.1) is 18.1 Å². The van der Waals surface area contributed by atoms with E-state index in [-0.39, 0.29) is 5.97 Å². The van der Waals surface area contributed by atoms with Crippen LogP contribution in [0.2, 0.25) is 5.02 Å². The van der Waals surface area contributed by atoms with Crippen molar-refractivity contribution in [3.63, 3.8) is 0 Å². The van der Waals surface area contributed by atoms with Crippen molar-refractivity contribution in [1.29, 1.82) is 0 Å². The molecule has 3 nitrogen and oxygen atoms in total. The van der Waals surface area contributed by atoms with E-state index in [4.69, 9.17) is 16.3 Å². The van der Waals surface area contributed by atoms with E-state index in [0.29, 0.717) is 17.4 Å². The van der Waals surface area contributed by atoms with Gasteiger partial charge in [-0.15, -0.1) is 11.3 Å². The molecule has 0 radical (unpaired) electrons. The van der Waals surface area contributed by atoms with Crippen LogP contribution in [0, 0.1) is 0 Å². The molecule has 1 aromatic heterocycles. The Balaban J connectivity index is 1.86. The molecule has 1 heterocycles. The van der Waals surface area contributed by atoms with Crippen molar-refractivity contribution >= 4 is 40.7 Å². The zero-order valence-electron chi connectivity index (χ0n) is 11.7. The van der Waals surface area contributed by atoms with E-state index in [1.165, 1.54) is 23.1 Å². The Morgan fingerprint density at radius 3 is 2.86 bits per heavy atom. The maximum Gasteiger partial charge on any atom is 0.316 e. The molecule has 0 saturated carbocycles. The molecule has 6 heteroatoms. The van der Waals surface area contributed by atoms with E-state index in [2.05, 4.69) is 11.9 Å². The van der Waals surface area contributed by atoms with Gasteiger partial charge in [0.1, 0.15) is 0 Å². The summed E-state index contributed by atoms with van der Waals surface area (Å²) >= 11 is 8.81. The molecule has 2 rings (SSSR count). The smallest absolute Gasteiger partial charge is 0.316 e. The van der Waals surface area contributed by atoms with Crippen molar-refractivity contribution in [3.05, 3.63) is 34.7 Å². The minimum absolute atomic E-state index is 0.184. The molecule has 1 aromatic carbocycles. The minimum Gasteiger partial charge on any atom is -0.465 e. The number of hydrogen-bond donors (Lipinski definition) is 0. The van der Waals surface area contributed by atoms with Crippen molar-refractivity contribution in [2.75, 3.05) is 12.4 Å². The fourth-order valence-corrected chi connectivity index (χ4v) is 3.33. The first kappa shape index (κ1) is 16.3. The van der Waals surface area contributed by atoms with Crippen LogP contribution in [0.5, 0.6) is 0 Å². The number of hydrogen-bond acceptors (Lipinski definition) is 5. The molecular weight excluding hydrogens is 326 g/mol. The summed E-state index contributed by atoms with van der Waals surface area (Å²) in [6, 6.07) is 7.55. The number of ether oxygens (including phenoxy) is 1. The summed E-state index contributed by atoms with van der Waals surface area (Å²) in [4.78, 5) is 16.0. The molecule has 2 aromatic rings. The normalized spacial score (nSPS) is 10.6. The van der Waals surface area contributed by atoms with Gasteiger partial charge in [-0.2, -0.15) is 0 Å². The van der Waals surface area contributed by atoms with Crippen LogP contribution in [0.3, 0.4) is 0 Å². The number of rotatable bonds is 7. The average molecular weight is 342 g/mol. The number of halogens is 1. The van der Waals surface area contributed by atoms with Gasteiger partial charge in [0.15, 0.2) is 4.34 Å². The highest BCUT2D eigenvalue weighted by Crippen LogP contribution is 2.28. The van der Waals surface area contributed by atoms with Gasteiger partial charge in [-0.3, -0.25) is 4.79 Å². The van der Waals surface area contributed by atoms with E-state index < -0.39 is 0 Å². The van der Waals surface area contributed by atoms with Gasteiger partial charge in [0.25, 0.3) is 0 Å². The summed E-state index contributed by atoms with van der Waals surface area (Å²) in [5, 5.41) is 2.69. The number of carbonyl (C=O) groups excluding carboxylic acids is 1. The number of nitrogens with zero attached hydrogens (tertiary/aromatic N) is 1. The topological polar surface area (TPSA) is 39.2 Å². The molecule has 21 heavy (non-hydrogen) atoms. The minimum atomic E-state index is -0.184. The molecule has 0 atom stereocenters. The van der Waals surface area contributed by atoms with Gasteiger partial charge in [-0.25, -0.2) is 4.98 Å². The highest BCUT2D eigenvalue weighted by atomic mass is 35.5. The first-order valence-corrected chi connectivity index (χ1v) is 8.93. The third-order valence-corrected chi connectivity index (χ3v) is 4.94. The highest BCUT2D eigenvalue weighted by Gasteiger charge is 2.08. The number of unbranched alkanes of at least 4 members (excludes halogenated alkanes) is 1. The number of esters is 1. The maximum atomic E-state index is 11.5. The molecule has 0 N–H and O–H groups in total. The van der Waals surface area contributed by atoms with Crippen molar-refractivity contribution < 1.29 is 9.53 Å². The second kappa shape index (κ2) is 8.41. The maximum absolute atomic E-state index is 11.5. The van der Waals surface area contributed by atoms with Crippen LogP contribution in [0.15, 0.2) is 34.0 Å². The standard InChI is InChI=1S/C15H16ClNO2S2/c1-2-3-8-19-14(18)10-21-15-17-13(9-20-15)11-4-6-12(16)7-5-11/h4-7,9H,2-3,8,10H2,1H3. The van der Waals surface area contributed by atoms with Gasteiger partial charge in [-0.05, 0) is 18.6 Å². The Morgan fingerprint density at radius 2 is 2.14 bits per heavy atom. The van der Waals surface area contributed by atoms with Crippen LogP contribution in [0.25, 0.3) is 11.3 Å². The molecule has 0 unspecified atom stereocenters. The van der Waals surface area contributed by atoms with Crippen LogP contribution < -0.4 is 0 Å². The third-order valence-electron chi connectivity index (χ3n) is 2.70. The van der Waals surface area contributed by atoms with Crippen LogP contribution in [0.4, 0.5) is 0 Å². The SMILES string of the molecule is CCCCOC(=O)CSc1nc(-c2ccc(Cl)cc2)cs1. The van der Waals surface area contributed by atoms with E-state index >= 15 is 0 Å². The summed E-state index contributed by atoms with van der Waals surface area (Å²) in [6.45, 7) is 2.57. The molecule has 0 aliphatic rings. The lowest BCUT2D eigenvalue weighted by atomic mass is 10.2. The first-order chi connectivity index (χ1) is 10.2. The Morgan fingerprint density at radius 1 is 1.38 bits per heavy atom. The molecule has 0 spiro atoms. The fourth-order valence-electron chi connectivity index (χ4n) is 1.57. The lowest BCUT2D eigenvalue weighted by Crippen LogP contribution is -2.08. The predicted octanol–water partition coefficient (Wildman–Crippen LogP) is 4.90. The summed E-state index contributed by atoms with van der Waals surface area (Å²) in [5.41, 5.74) is 1.92. The first-order valence-electron chi connectivity index (χ1n) is 6.69.